The molecule has 0 bridgehead atoms. The molecule has 0 radical (unpaired) electrons. The molecule has 0 spiro atoms. The number of ether oxygens (including phenoxy) is 2. The number of aliphatic imine (C=N–C) groups is 1. The summed E-state index contributed by atoms with van der Waals surface area (Å²) in [4.78, 5) is 24.6. The Morgan fingerprint density at radius 2 is 2.03 bits per heavy atom. The number of hydrogen-bond donors (Lipinski definition) is 1. The zero-order chi connectivity index (χ0) is 22.3. The molecule has 0 aliphatic carbocycles. The quantitative estimate of drug-likeness (QED) is 0.410. The number of alkyl halides is 3. The summed E-state index contributed by atoms with van der Waals surface area (Å²) >= 11 is 0. The number of halogens is 3. The third-order valence-electron chi connectivity index (χ3n) is 5.10. The van der Waals surface area contributed by atoms with Crippen LogP contribution in [0.3, 0.4) is 0 Å². The molecule has 1 N–H and O–H groups in total. The highest BCUT2D eigenvalue weighted by molar-refractivity contribution is 5.82. The number of rotatable bonds is 6. The molecule has 2 saturated heterocycles. The summed E-state index contributed by atoms with van der Waals surface area (Å²) in [7, 11) is 0. The fraction of sp³-hybridized carbons (Fsp3) is 0.650. The molecule has 8 nitrogen and oxygen atoms in total. The maximum Gasteiger partial charge on any atom is 0.417 e. The maximum absolute atomic E-state index is 12.6. The van der Waals surface area contributed by atoms with Crippen molar-refractivity contribution in [2.24, 2.45) is 4.99 Å². The normalized spacial score (nSPS) is 20.1. The number of amides is 1. The number of aromatic nitrogens is 1. The van der Waals surface area contributed by atoms with Crippen molar-refractivity contribution in [3.8, 4) is 5.88 Å². The Hall–Kier alpha value is -2.56. The lowest BCUT2D eigenvalue weighted by Gasteiger charge is -2.37. The lowest BCUT2D eigenvalue weighted by atomic mass is 10.2. The fourth-order valence-electron chi connectivity index (χ4n) is 3.48. The van der Waals surface area contributed by atoms with Crippen LogP contribution in [-0.2, 0) is 15.7 Å². The third kappa shape index (κ3) is 6.46. The van der Waals surface area contributed by atoms with Gasteiger partial charge in [0, 0.05) is 51.6 Å². The molecular formula is C20H28F3N5O3. The van der Waals surface area contributed by atoms with E-state index < -0.39 is 11.7 Å². The minimum atomic E-state index is -4.42. The molecule has 3 heterocycles. The van der Waals surface area contributed by atoms with E-state index in [1.807, 2.05) is 11.8 Å². The molecular weight excluding hydrogens is 415 g/mol. The maximum atomic E-state index is 12.6. The van der Waals surface area contributed by atoms with Gasteiger partial charge in [-0.05, 0) is 25.8 Å². The van der Waals surface area contributed by atoms with Gasteiger partial charge in [0.25, 0.3) is 5.91 Å². The first kappa shape index (κ1) is 23.1. The number of piperazine rings is 1. The lowest BCUT2D eigenvalue weighted by Crippen LogP contribution is -2.55. The third-order valence-corrected chi connectivity index (χ3v) is 5.10. The van der Waals surface area contributed by atoms with E-state index in [1.165, 1.54) is 6.07 Å². The first-order valence-electron chi connectivity index (χ1n) is 10.5. The predicted octanol–water partition coefficient (Wildman–Crippen LogP) is 1.77. The van der Waals surface area contributed by atoms with Gasteiger partial charge in [-0.3, -0.25) is 4.79 Å². The van der Waals surface area contributed by atoms with Gasteiger partial charge in [-0.2, -0.15) is 13.2 Å². The monoisotopic (exact) mass is 443 g/mol. The highest BCUT2D eigenvalue weighted by Crippen LogP contribution is 2.29. The van der Waals surface area contributed by atoms with Crippen LogP contribution in [0.1, 0.15) is 25.3 Å². The Morgan fingerprint density at radius 1 is 1.29 bits per heavy atom. The molecule has 0 aromatic carbocycles. The number of hydrogen-bond acceptors (Lipinski definition) is 5. The Labute approximate surface area is 179 Å². The van der Waals surface area contributed by atoms with Crippen molar-refractivity contribution in [2.45, 2.75) is 32.0 Å². The van der Waals surface area contributed by atoms with Crippen molar-refractivity contribution in [1.82, 2.24) is 20.1 Å². The van der Waals surface area contributed by atoms with Crippen LogP contribution < -0.4 is 10.1 Å². The molecule has 1 aromatic heterocycles. The number of carbonyl (C=O) groups is 1. The average molecular weight is 443 g/mol. The SMILES string of the molecule is CCNC(=NCCOc1ccc(C(F)(F)F)cn1)N1CCN(C(=O)C2CCCO2)CC1. The van der Waals surface area contributed by atoms with Gasteiger partial charge in [0.05, 0.1) is 12.1 Å². The van der Waals surface area contributed by atoms with Crippen molar-refractivity contribution in [1.29, 1.82) is 0 Å². The van der Waals surface area contributed by atoms with E-state index in [0.717, 1.165) is 31.1 Å². The highest BCUT2D eigenvalue weighted by Gasteiger charge is 2.31. The minimum absolute atomic E-state index is 0.0662. The van der Waals surface area contributed by atoms with E-state index in [-0.39, 0.29) is 24.5 Å². The van der Waals surface area contributed by atoms with Crippen LogP contribution in [0.5, 0.6) is 5.88 Å². The van der Waals surface area contributed by atoms with Gasteiger partial charge in [-0.15, -0.1) is 0 Å². The Kier molecular flexibility index (Phi) is 7.94. The van der Waals surface area contributed by atoms with E-state index in [0.29, 0.717) is 45.9 Å². The molecule has 2 aliphatic heterocycles. The van der Waals surface area contributed by atoms with Gasteiger partial charge < -0.3 is 24.6 Å². The molecule has 0 saturated carbocycles. The number of guanidine groups is 1. The second kappa shape index (κ2) is 10.7. The predicted molar refractivity (Wildman–Crippen MR) is 108 cm³/mol. The molecule has 2 aliphatic rings. The van der Waals surface area contributed by atoms with Gasteiger partial charge in [0.2, 0.25) is 5.88 Å². The Morgan fingerprint density at radius 3 is 2.61 bits per heavy atom. The van der Waals surface area contributed by atoms with Crippen LogP contribution >= 0.6 is 0 Å². The van der Waals surface area contributed by atoms with Gasteiger partial charge >= 0.3 is 6.18 Å². The smallest absolute Gasteiger partial charge is 0.417 e. The molecule has 11 heteroatoms. The standard InChI is InChI=1S/C20H28F3N5O3/c1-2-24-19(25-7-13-31-17-6-5-15(14-26-17)20(21,22)23)28-10-8-27(9-11-28)18(29)16-4-3-12-30-16/h5-6,14,16H,2-4,7-13H2,1H3,(H,24,25). The topological polar surface area (TPSA) is 79.3 Å². The van der Waals surface area contributed by atoms with Crippen LogP contribution in [0.4, 0.5) is 13.2 Å². The largest absolute Gasteiger partial charge is 0.476 e. The Bertz CT molecular complexity index is 743. The highest BCUT2D eigenvalue weighted by atomic mass is 19.4. The number of carbonyl (C=O) groups excluding carboxylic acids is 1. The molecule has 31 heavy (non-hydrogen) atoms. The van der Waals surface area contributed by atoms with Crippen molar-refractivity contribution in [3.63, 3.8) is 0 Å². The van der Waals surface area contributed by atoms with Crippen LogP contribution in [0.25, 0.3) is 0 Å². The summed E-state index contributed by atoms with van der Waals surface area (Å²) in [6.07, 6.45) is -2.26. The van der Waals surface area contributed by atoms with E-state index in [9.17, 15) is 18.0 Å². The van der Waals surface area contributed by atoms with E-state index >= 15 is 0 Å². The molecule has 3 rings (SSSR count). The van der Waals surface area contributed by atoms with Crippen LogP contribution in [-0.4, -0.2) is 85.2 Å². The number of nitrogens with zero attached hydrogens (tertiary/aromatic N) is 4. The van der Waals surface area contributed by atoms with Crippen molar-refractivity contribution < 1.29 is 27.4 Å². The zero-order valence-electron chi connectivity index (χ0n) is 17.5. The van der Waals surface area contributed by atoms with E-state index in [1.54, 1.807) is 0 Å². The van der Waals surface area contributed by atoms with E-state index in [2.05, 4.69) is 20.2 Å². The van der Waals surface area contributed by atoms with Gasteiger partial charge in [0.1, 0.15) is 12.7 Å². The van der Waals surface area contributed by atoms with Gasteiger partial charge in [0.15, 0.2) is 5.96 Å². The number of nitrogens with one attached hydrogen (secondary N) is 1. The number of pyridine rings is 1. The summed E-state index contributed by atoms with van der Waals surface area (Å²) in [5.41, 5.74) is -0.815. The van der Waals surface area contributed by atoms with E-state index in [4.69, 9.17) is 9.47 Å². The molecule has 1 aromatic rings. The molecule has 1 unspecified atom stereocenters. The van der Waals surface area contributed by atoms with Gasteiger partial charge in [-0.1, -0.05) is 0 Å². The Balaban J connectivity index is 1.46. The fourth-order valence-corrected chi connectivity index (χ4v) is 3.48. The van der Waals surface area contributed by atoms with Crippen molar-refractivity contribution >= 4 is 11.9 Å². The molecule has 2 fully saturated rings. The van der Waals surface area contributed by atoms with Crippen molar-refractivity contribution in [3.05, 3.63) is 23.9 Å². The van der Waals surface area contributed by atoms with Crippen LogP contribution in [0.15, 0.2) is 23.3 Å². The van der Waals surface area contributed by atoms with Gasteiger partial charge in [-0.25, -0.2) is 9.98 Å². The average Bonchev–Trinajstić information content (AvgIpc) is 3.30. The summed E-state index contributed by atoms with van der Waals surface area (Å²) in [5.74, 6) is 0.904. The van der Waals surface area contributed by atoms with Crippen LogP contribution in [0.2, 0.25) is 0 Å². The second-order valence-corrected chi connectivity index (χ2v) is 7.28. The molecule has 1 amide bonds. The van der Waals surface area contributed by atoms with Crippen LogP contribution in [0, 0.1) is 0 Å². The summed E-state index contributed by atoms with van der Waals surface area (Å²) in [5, 5.41) is 3.23. The molecule has 1 atom stereocenters. The summed E-state index contributed by atoms with van der Waals surface area (Å²) in [6.45, 7) is 6.34. The first-order chi connectivity index (χ1) is 14.9. The first-order valence-corrected chi connectivity index (χ1v) is 10.5. The lowest BCUT2D eigenvalue weighted by molar-refractivity contribution is -0.142. The zero-order valence-corrected chi connectivity index (χ0v) is 17.5. The molecule has 172 valence electrons. The summed E-state index contributed by atoms with van der Waals surface area (Å²) in [6, 6.07) is 2.13. The van der Waals surface area contributed by atoms with Crippen molar-refractivity contribution in [2.75, 3.05) is 52.5 Å². The summed E-state index contributed by atoms with van der Waals surface area (Å²) < 4.78 is 48.6. The minimum Gasteiger partial charge on any atom is -0.476 e. The second-order valence-electron chi connectivity index (χ2n) is 7.28.